The molecule has 0 aliphatic carbocycles. The summed E-state index contributed by atoms with van der Waals surface area (Å²) >= 11 is 0. The normalized spacial score (nSPS) is 12.3. The van der Waals surface area contributed by atoms with Gasteiger partial charge in [0.15, 0.2) is 5.82 Å². The van der Waals surface area contributed by atoms with E-state index >= 15 is 0 Å². The molecule has 2 aromatic heterocycles. The van der Waals surface area contributed by atoms with E-state index < -0.39 is 15.4 Å². The zero-order valence-corrected chi connectivity index (χ0v) is 14.4. The van der Waals surface area contributed by atoms with Crippen LogP contribution in [0.5, 0.6) is 0 Å². The van der Waals surface area contributed by atoms with Gasteiger partial charge in [-0.25, -0.2) is 13.1 Å². The van der Waals surface area contributed by atoms with Crippen molar-refractivity contribution in [1.29, 1.82) is 0 Å². The third-order valence-electron chi connectivity index (χ3n) is 3.38. The molecule has 0 unspecified atom stereocenters. The number of hydrogen-bond acceptors (Lipinski definition) is 5. The molecule has 0 saturated carbocycles. The molecular weight excluding hydrogens is 328 g/mol. The molecular formula is C16H18N4O3S. The van der Waals surface area contributed by atoms with E-state index in [9.17, 15) is 8.42 Å². The van der Waals surface area contributed by atoms with Crippen LogP contribution in [0.1, 0.15) is 26.5 Å². The molecule has 24 heavy (non-hydrogen) atoms. The second-order valence-corrected chi connectivity index (χ2v) is 8.01. The van der Waals surface area contributed by atoms with Crippen LogP contribution in [0.25, 0.3) is 5.69 Å². The number of nitrogens with one attached hydrogen (secondary N) is 1. The highest BCUT2D eigenvalue weighted by Gasteiger charge is 2.30. The van der Waals surface area contributed by atoms with Crippen molar-refractivity contribution in [3.8, 4) is 5.69 Å². The topological polar surface area (TPSA) is 90.0 Å². The summed E-state index contributed by atoms with van der Waals surface area (Å²) in [6.07, 6.45) is 2.81. The number of rotatable bonds is 4. The molecule has 126 valence electrons. The molecule has 0 aliphatic rings. The van der Waals surface area contributed by atoms with Gasteiger partial charge in [-0.05, 0) is 12.1 Å². The summed E-state index contributed by atoms with van der Waals surface area (Å²) < 4.78 is 34.2. The lowest BCUT2D eigenvalue weighted by molar-refractivity contribution is 0.423. The fraction of sp³-hybridized carbons (Fsp3) is 0.250. The Balaban J connectivity index is 2.11. The predicted molar refractivity (Wildman–Crippen MR) is 89.6 cm³/mol. The maximum absolute atomic E-state index is 12.8. The minimum atomic E-state index is -3.84. The predicted octanol–water partition coefficient (Wildman–Crippen LogP) is 2.96. The van der Waals surface area contributed by atoms with Crippen molar-refractivity contribution >= 4 is 15.8 Å². The molecule has 8 heteroatoms. The number of anilines is 1. The van der Waals surface area contributed by atoms with Crippen LogP contribution >= 0.6 is 0 Å². The first kappa shape index (κ1) is 16.3. The second-order valence-electron chi connectivity index (χ2n) is 6.36. The summed E-state index contributed by atoms with van der Waals surface area (Å²) in [5, 5.41) is 8.09. The Kier molecular flexibility index (Phi) is 3.92. The van der Waals surface area contributed by atoms with Crippen molar-refractivity contribution in [3.63, 3.8) is 0 Å². The van der Waals surface area contributed by atoms with Crippen LogP contribution in [-0.2, 0) is 15.4 Å². The summed E-state index contributed by atoms with van der Waals surface area (Å²) in [6.45, 7) is 5.75. The van der Waals surface area contributed by atoms with Crippen LogP contribution in [0.15, 0.2) is 58.3 Å². The Morgan fingerprint density at radius 3 is 2.42 bits per heavy atom. The van der Waals surface area contributed by atoms with E-state index in [2.05, 4.69) is 19.5 Å². The smallest absolute Gasteiger partial charge is 0.266 e. The third kappa shape index (κ3) is 3.18. The van der Waals surface area contributed by atoms with Gasteiger partial charge in [0, 0.05) is 11.5 Å². The van der Waals surface area contributed by atoms with Gasteiger partial charge in [-0.3, -0.25) is 4.72 Å². The molecule has 3 rings (SSSR count). The highest BCUT2D eigenvalue weighted by atomic mass is 32.2. The van der Waals surface area contributed by atoms with Gasteiger partial charge in [-0.1, -0.05) is 44.1 Å². The van der Waals surface area contributed by atoms with Gasteiger partial charge >= 0.3 is 0 Å². The first-order valence-electron chi connectivity index (χ1n) is 7.36. The fourth-order valence-electron chi connectivity index (χ4n) is 2.25. The van der Waals surface area contributed by atoms with Gasteiger partial charge < -0.3 is 4.52 Å². The lowest BCUT2D eigenvalue weighted by Gasteiger charge is -2.17. The molecule has 0 radical (unpaired) electrons. The molecule has 0 amide bonds. The van der Waals surface area contributed by atoms with E-state index in [1.54, 1.807) is 4.68 Å². The van der Waals surface area contributed by atoms with E-state index in [-0.39, 0.29) is 10.7 Å². The zero-order chi connectivity index (χ0) is 17.4. The van der Waals surface area contributed by atoms with Gasteiger partial charge in [0.1, 0.15) is 11.2 Å². The molecule has 7 nitrogen and oxygen atoms in total. The van der Waals surface area contributed by atoms with Crippen molar-refractivity contribution in [2.24, 2.45) is 0 Å². The molecule has 3 aromatic rings. The monoisotopic (exact) mass is 346 g/mol. The number of para-hydroxylation sites is 1. The number of benzene rings is 1. The number of aromatic nitrogens is 3. The molecule has 1 aromatic carbocycles. The molecule has 0 saturated heterocycles. The number of sulfonamides is 1. The quantitative estimate of drug-likeness (QED) is 0.784. The summed E-state index contributed by atoms with van der Waals surface area (Å²) in [5.41, 5.74) is 0.807. The molecule has 0 bridgehead atoms. The van der Waals surface area contributed by atoms with Crippen molar-refractivity contribution in [1.82, 2.24) is 14.9 Å². The summed E-state index contributed by atoms with van der Waals surface area (Å²) in [5.74, 6) is 0.127. The van der Waals surface area contributed by atoms with E-state index in [1.165, 1.54) is 18.5 Å². The molecule has 0 fully saturated rings. The van der Waals surface area contributed by atoms with Gasteiger partial charge in [0.05, 0.1) is 17.6 Å². The summed E-state index contributed by atoms with van der Waals surface area (Å²) in [6, 6.07) is 10.8. The standard InChI is InChI=1S/C16H18N4O3S/c1-16(2,3)15-13(24(21,22)19-14-9-10-23-18-14)11-20(17-15)12-7-5-4-6-8-12/h4-11H,1-3H3,(H,18,19). The van der Waals surface area contributed by atoms with Gasteiger partial charge in [-0.2, -0.15) is 5.10 Å². The number of nitrogens with zero attached hydrogens (tertiary/aromatic N) is 3. The van der Waals surface area contributed by atoms with Gasteiger partial charge in [0.25, 0.3) is 10.0 Å². The fourth-order valence-corrected chi connectivity index (χ4v) is 3.58. The minimum absolute atomic E-state index is 0.113. The van der Waals surface area contributed by atoms with Crippen LogP contribution in [0, 0.1) is 0 Å². The third-order valence-corrected chi connectivity index (χ3v) is 4.73. The van der Waals surface area contributed by atoms with Crippen LogP contribution in [0.3, 0.4) is 0 Å². The number of hydrogen-bond donors (Lipinski definition) is 1. The average molecular weight is 346 g/mol. The lowest BCUT2D eigenvalue weighted by Crippen LogP contribution is -2.20. The van der Waals surface area contributed by atoms with E-state index in [0.717, 1.165) is 5.69 Å². The maximum atomic E-state index is 12.8. The van der Waals surface area contributed by atoms with Crippen LogP contribution < -0.4 is 4.72 Å². The van der Waals surface area contributed by atoms with E-state index in [1.807, 2.05) is 51.1 Å². The zero-order valence-electron chi connectivity index (χ0n) is 13.6. The maximum Gasteiger partial charge on any atom is 0.266 e. The Morgan fingerprint density at radius 2 is 1.83 bits per heavy atom. The van der Waals surface area contributed by atoms with Gasteiger partial charge in [-0.15, -0.1) is 0 Å². The largest absolute Gasteiger partial charge is 0.363 e. The first-order valence-corrected chi connectivity index (χ1v) is 8.84. The molecule has 2 heterocycles. The Bertz CT molecular complexity index is 924. The van der Waals surface area contributed by atoms with Crippen LogP contribution in [0.4, 0.5) is 5.82 Å². The Labute approximate surface area is 140 Å². The molecule has 1 N–H and O–H groups in total. The second kappa shape index (κ2) is 5.79. The Hall–Kier alpha value is -2.61. The first-order chi connectivity index (χ1) is 11.3. The van der Waals surface area contributed by atoms with Crippen molar-refractivity contribution in [3.05, 3.63) is 54.6 Å². The minimum Gasteiger partial charge on any atom is -0.363 e. The molecule has 0 atom stereocenters. The lowest BCUT2D eigenvalue weighted by atomic mass is 9.92. The SMILES string of the molecule is CC(C)(C)c1nn(-c2ccccc2)cc1S(=O)(=O)Nc1ccon1. The van der Waals surface area contributed by atoms with Crippen LogP contribution in [0.2, 0.25) is 0 Å². The van der Waals surface area contributed by atoms with Crippen molar-refractivity contribution in [2.75, 3.05) is 4.72 Å². The van der Waals surface area contributed by atoms with Crippen molar-refractivity contribution < 1.29 is 12.9 Å². The Morgan fingerprint density at radius 1 is 1.12 bits per heavy atom. The average Bonchev–Trinajstić information content (AvgIpc) is 3.16. The van der Waals surface area contributed by atoms with Crippen LogP contribution in [-0.4, -0.2) is 23.4 Å². The van der Waals surface area contributed by atoms with E-state index in [0.29, 0.717) is 5.69 Å². The van der Waals surface area contributed by atoms with Crippen molar-refractivity contribution in [2.45, 2.75) is 31.1 Å². The molecule has 0 spiro atoms. The highest BCUT2D eigenvalue weighted by molar-refractivity contribution is 7.92. The summed E-state index contributed by atoms with van der Waals surface area (Å²) in [4.78, 5) is 0.113. The molecule has 0 aliphatic heterocycles. The summed E-state index contributed by atoms with van der Waals surface area (Å²) in [7, 11) is -3.84. The highest BCUT2D eigenvalue weighted by Crippen LogP contribution is 2.29. The van der Waals surface area contributed by atoms with Gasteiger partial charge in [0.2, 0.25) is 0 Å². The van der Waals surface area contributed by atoms with E-state index in [4.69, 9.17) is 0 Å².